The third-order valence-electron chi connectivity index (χ3n) is 2.74. The first-order valence-corrected chi connectivity index (χ1v) is 8.10. The second kappa shape index (κ2) is 6.17. The SMILES string of the molecule is CC(C)OP(=O)(C(=O)c1ccccc1)c1ccccc1. The molecule has 0 saturated carbocycles. The quantitative estimate of drug-likeness (QED) is 0.785. The molecule has 20 heavy (non-hydrogen) atoms. The van der Waals surface area contributed by atoms with Crippen molar-refractivity contribution in [2.45, 2.75) is 20.0 Å². The fraction of sp³-hybridized carbons (Fsp3) is 0.188. The predicted molar refractivity (Wildman–Crippen MR) is 80.7 cm³/mol. The van der Waals surface area contributed by atoms with Gasteiger partial charge in [-0.15, -0.1) is 0 Å². The van der Waals surface area contributed by atoms with Gasteiger partial charge in [0.05, 0.1) is 6.10 Å². The molecule has 2 aromatic carbocycles. The lowest BCUT2D eigenvalue weighted by molar-refractivity contribution is 0.104. The van der Waals surface area contributed by atoms with Crippen LogP contribution in [0, 0.1) is 0 Å². The van der Waals surface area contributed by atoms with Gasteiger partial charge in [-0.05, 0) is 26.0 Å². The standard InChI is InChI=1S/C16H17O3P/c1-13(2)19-20(18,15-11-7-4-8-12-15)16(17)14-9-5-3-6-10-14/h3-13H,1-2H3. The molecular formula is C16H17O3P. The van der Waals surface area contributed by atoms with Gasteiger partial charge in [0.15, 0.2) is 0 Å². The molecule has 0 aliphatic rings. The van der Waals surface area contributed by atoms with Crippen molar-refractivity contribution in [3.8, 4) is 0 Å². The van der Waals surface area contributed by atoms with E-state index in [0.29, 0.717) is 10.9 Å². The first-order chi connectivity index (χ1) is 9.54. The van der Waals surface area contributed by atoms with Crippen molar-refractivity contribution in [1.29, 1.82) is 0 Å². The molecule has 0 bridgehead atoms. The number of benzene rings is 2. The monoisotopic (exact) mass is 288 g/mol. The zero-order valence-electron chi connectivity index (χ0n) is 11.5. The summed E-state index contributed by atoms with van der Waals surface area (Å²) in [6.45, 7) is 3.54. The Morgan fingerprint density at radius 3 is 1.95 bits per heavy atom. The van der Waals surface area contributed by atoms with Crippen LogP contribution in [-0.4, -0.2) is 11.6 Å². The van der Waals surface area contributed by atoms with Gasteiger partial charge in [-0.2, -0.15) is 0 Å². The number of rotatable bonds is 5. The summed E-state index contributed by atoms with van der Waals surface area (Å²) in [5.74, 6) is 0. The van der Waals surface area contributed by atoms with Gasteiger partial charge in [-0.3, -0.25) is 9.36 Å². The number of carbonyl (C=O) groups is 1. The zero-order valence-corrected chi connectivity index (χ0v) is 12.4. The highest BCUT2D eigenvalue weighted by molar-refractivity contribution is 7.83. The maximum Gasteiger partial charge on any atom is 0.301 e. The molecule has 0 aromatic heterocycles. The van der Waals surface area contributed by atoms with Crippen LogP contribution in [-0.2, 0) is 9.09 Å². The smallest absolute Gasteiger partial charge is 0.301 e. The van der Waals surface area contributed by atoms with Crippen LogP contribution >= 0.6 is 7.37 Å². The van der Waals surface area contributed by atoms with E-state index >= 15 is 0 Å². The first-order valence-electron chi connectivity index (χ1n) is 6.48. The van der Waals surface area contributed by atoms with E-state index in [0.717, 1.165) is 0 Å². The van der Waals surface area contributed by atoms with Crippen LogP contribution < -0.4 is 5.30 Å². The molecule has 0 amide bonds. The maximum absolute atomic E-state index is 13.2. The summed E-state index contributed by atoms with van der Waals surface area (Å²) in [4.78, 5) is 12.6. The van der Waals surface area contributed by atoms with Gasteiger partial charge in [0.1, 0.15) is 0 Å². The third-order valence-corrected chi connectivity index (χ3v) is 5.23. The average molecular weight is 288 g/mol. The highest BCUT2D eigenvalue weighted by Gasteiger charge is 2.36. The molecule has 1 unspecified atom stereocenters. The van der Waals surface area contributed by atoms with Crippen LogP contribution in [0.4, 0.5) is 0 Å². The Labute approximate surface area is 119 Å². The molecule has 4 heteroatoms. The van der Waals surface area contributed by atoms with Gasteiger partial charge in [0.25, 0.3) is 5.52 Å². The highest BCUT2D eigenvalue weighted by atomic mass is 31.2. The van der Waals surface area contributed by atoms with Crippen molar-refractivity contribution < 1.29 is 13.9 Å². The minimum Gasteiger partial charge on any atom is -0.317 e. The van der Waals surface area contributed by atoms with Crippen LogP contribution in [0.15, 0.2) is 60.7 Å². The molecule has 0 aliphatic carbocycles. The molecule has 0 N–H and O–H groups in total. The fourth-order valence-electron chi connectivity index (χ4n) is 1.90. The summed E-state index contributed by atoms with van der Waals surface area (Å²) in [7, 11) is -3.58. The lowest BCUT2D eigenvalue weighted by atomic mass is 10.2. The summed E-state index contributed by atoms with van der Waals surface area (Å²) in [6, 6.07) is 17.3. The summed E-state index contributed by atoms with van der Waals surface area (Å²) in [6.07, 6.45) is -0.297. The maximum atomic E-state index is 13.2. The minimum absolute atomic E-state index is 0.297. The van der Waals surface area contributed by atoms with E-state index < -0.39 is 12.9 Å². The normalized spacial score (nSPS) is 13.9. The number of hydrogen-bond acceptors (Lipinski definition) is 3. The van der Waals surface area contributed by atoms with E-state index in [-0.39, 0.29) is 6.10 Å². The van der Waals surface area contributed by atoms with E-state index in [1.54, 1.807) is 62.4 Å². The molecule has 2 rings (SSSR count). The summed E-state index contributed by atoms with van der Waals surface area (Å²) in [5, 5.41) is 0.433. The van der Waals surface area contributed by atoms with Crippen LogP contribution in [0.3, 0.4) is 0 Å². The van der Waals surface area contributed by atoms with Crippen LogP contribution in [0.5, 0.6) is 0 Å². The number of carbonyl (C=O) groups excluding carboxylic acids is 1. The van der Waals surface area contributed by atoms with Crippen LogP contribution in [0.2, 0.25) is 0 Å². The van der Waals surface area contributed by atoms with Gasteiger partial charge in [-0.25, -0.2) is 0 Å². The molecular weight excluding hydrogens is 271 g/mol. The van der Waals surface area contributed by atoms with Gasteiger partial charge in [0.2, 0.25) is 0 Å². The summed E-state index contributed by atoms with van der Waals surface area (Å²) in [5.41, 5.74) is -0.0571. The predicted octanol–water partition coefficient (Wildman–Crippen LogP) is 3.86. The largest absolute Gasteiger partial charge is 0.317 e. The average Bonchev–Trinajstić information content (AvgIpc) is 2.47. The van der Waals surface area contributed by atoms with Crippen LogP contribution in [0.25, 0.3) is 0 Å². The molecule has 2 aromatic rings. The Balaban J connectivity index is 2.48. The van der Waals surface area contributed by atoms with Crippen molar-refractivity contribution in [3.63, 3.8) is 0 Å². The molecule has 3 nitrogen and oxygen atoms in total. The highest BCUT2D eigenvalue weighted by Crippen LogP contribution is 2.49. The Morgan fingerprint density at radius 1 is 0.950 bits per heavy atom. The summed E-state index contributed by atoms with van der Waals surface area (Å²) < 4.78 is 18.7. The summed E-state index contributed by atoms with van der Waals surface area (Å²) >= 11 is 0. The van der Waals surface area contributed by atoms with E-state index in [4.69, 9.17) is 4.52 Å². The van der Waals surface area contributed by atoms with Crippen LogP contribution in [0.1, 0.15) is 24.2 Å². The van der Waals surface area contributed by atoms with Gasteiger partial charge in [-0.1, -0.05) is 48.5 Å². The Hall–Kier alpha value is -1.70. The molecule has 0 heterocycles. The van der Waals surface area contributed by atoms with E-state index in [9.17, 15) is 9.36 Å². The Morgan fingerprint density at radius 2 is 1.45 bits per heavy atom. The molecule has 104 valence electrons. The van der Waals surface area contributed by atoms with Crippen molar-refractivity contribution in [2.75, 3.05) is 0 Å². The second-order valence-corrected chi connectivity index (χ2v) is 6.95. The molecule has 0 spiro atoms. The van der Waals surface area contributed by atoms with Gasteiger partial charge in [0, 0.05) is 10.9 Å². The zero-order chi connectivity index (χ0) is 14.6. The van der Waals surface area contributed by atoms with Gasteiger partial charge < -0.3 is 4.52 Å². The second-order valence-electron chi connectivity index (χ2n) is 4.71. The molecule has 0 radical (unpaired) electrons. The Bertz CT molecular complexity index is 621. The first kappa shape index (κ1) is 14.7. The van der Waals surface area contributed by atoms with Crippen molar-refractivity contribution in [3.05, 3.63) is 66.2 Å². The molecule has 0 saturated heterocycles. The lowest BCUT2D eigenvalue weighted by Gasteiger charge is -2.20. The lowest BCUT2D eigenvalue weighted by Crippen LogP contribution is -2.18. The minimum atomic E-state index is -3.58. The third kappa shape index (κ3) is 3.06. The van der Waals surface area contributed by atoms with E-state index in [1.807, 2.05) is 12.1 Å². The van der Waals surface area contributed by atoms with Crippen molar-refractivity contribution in [2.24, 2.45) is 0 Å². The number of hydrogen-bond donors (Lipinski definition) is 0. The molecule has 0 aliphatic heterocycles. The van der Waals surface area contributed by atoms with Crippen molar-refractivity contribution in [1.82, 2.24) is 0 Å². The van der Waals surface area contributed by atoms with E-state index in [2.05, 4.69) is 0 Å². The van der Waals surface area contributed by atoms with E-state index in [1.165, 1.54) is 0 Å². The van der Waals surface area contributed by atoms with Gasteiger partial charge >= 0.3 is 7.37 Å². The fourth-order valence-corrected chi connectivity index (χ4v) is 4.00. The molecule has 1 atom stereocenters. The molecule has 0 fully saturated rings. The van der Waals surface area contributed by atoms with Crippen molar-refractivity contribution >= 4 is 18.2 Å². The Kier molecular flexibility index (Phi) is 4.53. The topological polar surface area (TPSA) is 43.4 Å².